The molecule has 37 heavy (non-hydrogen) atoms. The molecule has 0 atom stereocenters. The number of aromatic nitrogens is 3. The number of pyridine rings is 1. The summed E-state index contributed by atoms with van der Waals surface area (Å²) in [7, 11) is 0. The molecule has 2 aromatic carbocycles. The zero-order valence-corrected chi connectivity index (χ0v) is 21.6. The molecule has 6 rings (SSSR count). The number of ketones is 1. The first-order valence-corrected chi connectivity index (χ1v) is 13.0. The van der Waals surface area contributed by atoms with Crippen LogP contribution in [-0.4, -0.2) is 46.9 Å². The number of anilines is 1. The first-order valence-electron chi connectivity index (χ1n) is 13.0. The number of allylic oxidation sites excluding steroid dienone is 2. The van der Waals surface area contributed by atoms with Crippen molar-refractivity contribution < 1.29 is 9.53 Å². The zero-order valence-electron chi connectivity index (χ0n) is 21.6. The van der Waals surface area contributed by atoms with Crippen molar-refractivity contribution in [3.05, 3.63) is 89.5 Å². The number of aryl methyl sites for hydroxylation is 1. The number of fused-ring (bicyclic) bond motifs is 3. The molecule has 2 aliphatic rings. The van der Waals surface area contributed by atoms with E-state index in [1.54, 1.807) is 0 Å². The molecule has 1 radical (unpaired) electrons. The number of rotatable bonds is 7. The van der Waals surface area contributed by atoms with E-state index in [4.69, 9.17) is 14.8 Å². The summed E-state index contributed by atoms with van der Waals surface area (Å²) in [5, 5.41) is 5.97. The van der Waals surface area contributed by atoms with Crippen molar-refractivity contribution in [3.63, 3.8) is 0 Å². The highest BCUT2D eigenvalue weighted by molar-refractivity contribution is 6.10. The second-order valence-electron chi connectivity index (χ2n) is 10.2. The topological polar surface area (TPSA) is 60.2 Å². The van der Waals surface area contributed by atoms with E-state index in [9.17, 15) is 4.79 Å². The van der Waals surface area contributed by atoms with E-state index in [1.165, 1.54) is 5.56 Å². The van der Waals surface area contributed by atoms with Crippen molar-refractivity contribution >= 4 is 22.4 Å². The third kappa shape index (κ3) is 4.69. The third-order valence-corrected chi connectivity index (χ3v) is 6.96. The van der Waals surface area contributed by atoms with Crippen LogP contribution in [0.2, 0.25) is 0 Å². The molecule has 4 aromatic rings. The summed E-state index contributed by atoms with van der Waals surface area (Å²) in [6, 6.07) is 14.5. The van der Waals surface area contributed by atoms with Crippen LogP contribution < -0.4 is 4.90 Å². The predicted octanol–water partition coefficient (Wildman–Crippen LogP) is 5.93. The molecular formula is C31H31N4O2. The van der Waals surface area contributed by atoms with Gasteiger partial charge in [0.2, 0.25) is 0 Å². The van der Waals surface area contributed by atoms with E-state index in [0.717, 1.165) is 63.4 Å². The van der Waals surface area contributed by atoms with Crippen molar-refractivity contribution in [1.82, 2.24) is 14.8 Å². The van der Waals surface area contributed by atoms with Gasteiger partial charge in [-0.05, 0) is 42.2 Å². The lowest BCUT2D eigenvalue weighted by atomic mass is 10.0. The van der Waals surface area contributed by atoms with Gasteiger partial charge < -0.3 is 9.64 Å². The molecule has 0 unspecified atom stereocenters. The fraction of sp³-hybridized carbons (Fsp3) is 0.290. The average molecular weight is 492 g/mol. The number of Topliss-reactive ketones (excluding diaryl/α,β-unsaturated/α-hetero) is 1. The van der Waals surface area contributed by atoms with Crippen molar-refractivity contribution in [3.8, 4) is 17.1 Å². The van der Waals surface area contributed by atoms with Gasteiger partial charge in [0.15, 0.2) is 11.6 Å². The fourth-order valence-corrected chi connectivity index (χ4v) is 5.04. The Morgan fingerprint density at radius 3 is 2.73 bits per heavy atom. The highest BCUT2D eigenvalue weighted by atomic mass is 16.5. The van der Waals surface area contributed by atoms with Gasteiger partial charge in [0.25, 0.3) is 0 Å². The van der Waals surface area contributed by atoms with Crippen LogP contribution >= 0.6 is 0 Å². The van der Waals surface area contributed by atoms with Crippen LogP contribution in [-0.2, 0) is 4.74 Å². The molecule has 0 bridgehead atoms. The van der Waals surface area contributed by atoms with E-state index < -0.39 is 0 Å². The number of ether oxygens (including phenoxy) is 1. The minimum Gasteiger partial charge on any atom is -0.378 e. The molecule has 0 spiro atoms. The summed E-state index contributed by atoms with van der Waals surface area (Å²) in [6.45, 7) is 9.35. The number of carbonyl (C=O) groups excluding carboxylic acids is 1. The van der Waals surface area contributed by atoms with Crippen LogP contribution in [0.15, 0.2) is 60.8 Å². The van der Waals surface area contributed by atoms with Crippen molar-refractivity contribution in [1.29, 1.82) is 0 Å². The molecule has 187 valence electrons. The average Bonchev–Trinajstić information content (AvgIpc) is 3.54. The van der Waals surface area contributed by atoms with Gasteiger partial charge in [-0.25, -0.2) is 9.67 Å². The molecule has 1 fully saturated rings. The van der Waals surface area contributed by atoms with Crippen LogP contribution in [0.5, 0.6) is 0 Å². The molecule has 0 amide bonds. The van der Waals surface area contributed by atoms with Crippen LogP contribution in [0.4, 0.5) is 5.69 Å². The van der Waals surface area contributed by atoms with Crippen LogP contribution in [0.1, 0.15) is 47.3 Å². The molecule has 3 heterocycles. The Morgan fingerprint density at radius 2 is 1.95 bits per heavy atom. The number of benzene rings is 2. The maximum atomic E-state index is 13.1. The summed E-state index contributed by atoms with van der Waals surface area (Å²) >= 11 is 0. The molecule has 2 aromatic heterocycles. The second-order valence-corrected chi connectivity index (χ2v) is 10.2. The number of nitrogens with zero attached hydrogens (tertiary/aromatic N) is 4. The molecule has 0 saturated carbocycles. The van der Waals surface area contributed by atoms with Crippen molar-refractivity contribution in [2.75, 3.05) is 31.2 Å². The molecule has 0 N–H and O–H groups in total. The van der Waals surface area contributed by atoms with Gasteiger partial charge in [-0.2, -0.15) is 5.10 Å². The van der Waals surface area contributed by atoms with Gasteiger partial charge >= 0.3 is 0 Å². The van der Waals surface area contributed by atoms with Gasteiger partial charge in [-0.15, -0.1) is 0 Å². The molecular weight excluding hydrogens is 460 g/mol. The first kappa shape index (κ1) is 23.6. The summed E-state index contributed by atoms with van der Waals surface area (Å²) in [6.07, 6.45) is 8.54. The lowest BCUT2D eigenvalue weighted by Crippen LogP contribution is -2.36. The minimum atomic E-state index is 0.129. The van der Waals surface area contributed by atoms with Gasteiger partial charge in [-0.3, -0.25) is 4.79 Å². The summed E-state index contributed by atoms with van der Waals surface area (Å²) in [5.74, 6) is 1.30. The maximum Gasteiger partial charge on any atom is 0.167 e. The van der Waals surface area contributed by atoms with Crippen LogP contribution in [0.3, 0.4) is 0 Å². The monoisotopic (exact) mass is 491 g/mol. The van der Waals surface area contributed by atoms with Gasteiger partial charge in [0, 0.05) is 54.7 Å². The molecule has 1 saturated heterocycles. The highest BCUT2D eigenvalue weighted by Crippen LogP contribution is 2.45. The molecule has 1 aliphatic carbocycles. The Balaban J connectivity index is 1.44. The Labute approximate surface area is 217 Å². The number of hydrogen-bond donors (Lipinski definition) is 0. The number of morpholine rings is 1. The molecule has 6 nitrogen and oxygen atoms in total. The first-order chi connectivity index (χ1) is 18.0. The summed E-state index contributed by atoms with van der Waals surface area (Å²) in [5.41, 5.74) is 8.08. The lowest BCUT2D eigenvalue weighted by molar-refractivity contribution is 0.0996. The quantitative estimate of drug-likeness (QED) is 0.209. The maximum absolute atomic E-state index is 13.1. The lowest BCUT2D eigenvalue weighted by Gasteiger charge is -2.30. The Bertz CT molecular complexity index is 1530. The Morgan fingerprint density at radius 1 is 1.11 bits per heavy atom. The fourth-order valence-electron chi connectivity index (χ4n) is 5.04. The zero-order chi connectivity index (χ0) is 25.5. The van der Waals surface area contributed by atoms with Crippen LogP contribution in [0, 0.1) is 19.3 Å². The molecule has 6 heteroatoms. The van der Waals surface area contributed by atoms with E-state index >= 15 is 0 Å². The summed E-state index contributed by atoms with van der Waals surface area (Å²) in [4.78, 5) is 20.5. The number of carbonyl (C=O) groups is 1. The Hall–Kier alpha value is -3.77. The second kappa shape index (κ2) is 9.60. The standard InChI is InChI=1S/C31H31N4O2/c1-20(2)6-4-9-29(36)24-18-27-31(25-17-23(24)25)28(34-12-14-37-15-13-34)19-30(32-27)35-11-10-26(33-35)22-8-5-7-21(3)16-22/h4-8,10-11,16-20H,9,12-15H2,1-3H3/b6-4+. The smallest absolute Gasteiger partial charge is 0.167 e. The van der Waals surface area contributed by atoms with Crippen LogP contribution in [0.25, 0.3) is 28.0 Å². The van der Waals surface area contributed by atoms with E-state index in [-0.39, 0.29) is 5.78 Å². The van der Waals surface area contributed by atoms with Crippen molar-refractivity contribution in [2.45, 2.75) is 27.2 Å². The normalized spacial score (nSPS) is 15.1. The largest absolute Gasteiger partial charge is 0.378 e. The van der Waals surface area contributed by atoms with E-state index in [0.29, 0.717) is 25.6 Å². The van der Waals surface area contributed by atoms with Gasteiger partial charge in [0.1, 0.15) is 0 Å². The van der Waals surface area contributed by atoms with Crippen molar-refractivity contribution in [2.24, 2.45) is 5.92 Å². The Kier molecular flexibility index (Phi) is 6.13. The summed E-state index contributed by atoms with van der Waals surface area (Å²) < 4.78 is 7.46. The predicted molar refractivity (Wildman–Crippen MR) is 147 cm³/mol. The van der Waals surface area contributed by atoms with Gasteiger partial charge in [0.05, 0.1) is 30.1 Å². The van der Waals surface area contributed by atoms with E-state index in [2.05, 4.69) is 68.5 Å². The van der Waals surface area contributed by atoms with Gasteiger partial charge in [-0.1, -0.05) is 49.8 Å². The SMILES string of the molecule is Cc1cccc(-c2ccn(-c3cc(N4CCOCC4)c4c5c(c(C(=O)C/C=C/C(C)C)cc4n3)[CH]5)n2)c1. The number of hydrogen-bond acceptors (Lipinski definition) is 5. The van der Waals surface area contributed by atoms with E-state index in [1.807, 2.05) is 29.1 Å². The third-order valence-electron chi connectivity index (χ3n) is 6.96. The minimum absolute atomic E-state index is 0.129. The molecule has 1 aliphatic heterocycles. The highest BCUT2D eigenvalue weighted by Gasteiger charge is 2.31.